The molecule has 0 radical (unpaired) electrons. The zero-order valence-electron chi connectivity index (χ0n) is 10.9. The number of benzene rings is 1. The van der Waals surface area contributed by atoms with E-state index in [0.717, 1.165) is 28.4 Å². The van der Waals surface area contributed by atoms with Crippen molar-refractivity contribution in [1.82, 2.24) is 9.97 Å². The van der Waals surface area contributed by atoms with E-state index in [2.05, 4.69) is 35.1 Å². The number of aryl methyl sites for hydroxylation is 1. The highest BCUT2D eigenvalue weighted by atomic mass is 32.2. The Balaban J connectivity index is 2.03. The maximum absolute atomic E-state index is 8.95. The number of rotatable bonds is 4. The van der Waals surface area contributed by atoms with Gasteiger partial charge >= 0.3 is 0 Å². The molecule has 0 amide bonds. The molecule has 0 bridgehead atoms. The van der Waals surface area contributed by atoms with Crippen molar-refractivity contribution in [2.45, 2.75) is 32.3 Å². The highest BCUT2D eigenvalue weighted by Gasteiger charge is 2.16. The maximum atomic E-state index is 8.95. The van der Waals surface area contributed by atoms with Gasteiger partial charge in [-0.15, -0.1) is 0 Å². The third-order valence-corrected chi connectivity index (χ3v) is 3.76. The van der Waals surface area contributed by atoms with Gasteiger partial charge in [-0.2, -0.15) is 5.26 Å². The summed E-state index contributed by atoms with van der Waals surface area (Å²) in [7, 11) is 0. The highest BCUT2D eigenvalue weighted by molar-refractivity contribution is 7.99. The molecule has 0 saturated heterocycles. The van der Waals surface area contributed by atoms with Crippen molar-refractivity contribution < 1.29 is 0 Å². The number of aromatic nitrogens is 2. The molecule has 1 N–H and O–H groups in total. The zero-order valence-corrected chi connectivity index (χ0v) is 11.8. The van der Waals surface area contributed by atoms with Crippen LogP contribution in [0.4, 0.5) is 0 Å². The number of fused-ring (bicyclic) bond motifs is 1. The summed E-state index contributed by atoms with van der Waals surface area (Å²) >= 11 is 1.68. The molecular weight excluding hydrogens is 242 g/mol. The molecule has 1 heterocycles. The Hall–Kier alpha value is -1.47. The molecule has 1 aromatic carbocycles. The Morgan fingerprint density at radius 1 is 1.44 bits per heavy atom. The second-order valence-electron chi connectivity index (χ2n) is 5.16. The van der Waals surface area contributed by atoms with E-state index in [1.165, 1.54) is 5.56 Å². The zero-order chi connectivity index (χ0) is 13.2. The summed E-state index contributed by atoms with van der Waals surface area (Å²) in [6, 6.07) is 8.52. The first-order chi connectivity index (χ1) is 8.50. The lowest BCUT2D eigenvalue weighted by atomic mass is 9.93. The van der Waals surface area contributed by atoms with Crippen LogP contribution < -0.4 is 0 Å². The standard InChI is InChI=1S/C14H17N3S/c1-10-4-5-11-12(8-10)17-13(16-11)18-7-6-14(2,3)9-15/h4-5,8H,6-7H2,1-3H3,(H,16,17). The first-order valence-electron chi connectivity index (χ1n) is 6.01. The van der Waals surface area contributed by atoms with Gasteiger partial charge in [-0.05, 0) is 44.9 Å². The molecule has 2 aromatic rings. The molecule has 0 spiro atoms. The fourth-order valence-electron chi connectivity index (χ4n) is 1.63. The number of nitriles is 1. The van der Waals surface area contributed by atoms with E-state index in [4.69, 9.17) is 5.26 Å². The number of hydrogen-bond acceptors (Lipinski definition) is 3. The smallest absolute Gasteiger partial charge is 0.166 e. The number of nitrogens with zero attached hydrogens (tertiary/aromatic N) is 2. The average Bonchev–Trinajstić information content (AvgIpc) is 2.70. The van der Waals surface area contributed by atoms with Crippen molar-refractivity contribution in [2.24, 2.45) is 5.41 Å². The van der Waals surface area contributed by atoms with Crippen molar-refractivity contribution >= 4 is 22.8 Å². The van der Waals surface area contributed by atoms with Crippen LogP contribution in [0.3, 0.4) is 0 Å². The Morgan fingerprint density at radius 3 is 2.94 bits per heavy atom. The van der Waals surface area contributed by atoms with E-state index in [0.29, 0.717) is 0 Å². The molecule has 0 aliphatic rings. The molecule has 0 aliphatic heterocycles. The molecule has 0 fully saturated rings. The van der Waals surface area contributed by atoms with Crippen molar-refractivity contribution in [2.75, 3.05) is 5.75 Å². The fraction of sp³-hybridized carbons (Fsp3) is 0.429. The van der Waals surface area contributed by atoms with Gasteiger partial charge in [0.15, 0.2) is 5.16 Å². The lowest BCUT2D eigenvalue weighted by Crippen LogP contribution is -2.08. The number of nitrogens with one attached hydrogen (secondary N) is 1. The average molecular weight is 259 g/mol. The molecule has 0 aliphatic carbocycles. The molecule has 94 valence electrons. The third kappa shape index (κ3) is 3.05. The monoisotopic (exact) mass is 259 g/mol. The molecule has 0 atom stereocenters. The minimum absolute atomic E-state index is 0.254. The van der Waals surface area contributed by atoms with Crippen molar-refractivity contribution in [3.63, 3.8) is 0 Å². The van der Waals surface area contributed by atoms with Crippen molar-refractivity contribution in [3.8, 4) is 6.07 Å². The molecule has 2 rings (SSSR count). The third-order valence-electron chi connectivity index (χ3n) is 2.88. The summed E-state index contributed by atoms with van der Waals surface area (Å²) in [4.78, 5) is 7.83. The van der Waals surface area contributed by atoms with Crippen LogP contribution in [-0.2, 0) is 0 Å². The van der Waals surface area contributed by atoms with Crippen LogP contribution in [0, 0.1) is 23.7 Å². The van der Waals surface area contributed by atoms with Gasteiger partial charge in [0, 0.05) is 5.75 Å². The normalized spacial score (nSPS) is 11.7. The number of aromatic amines is 1. The Kier molecular flexibility index (Phi) is 3.63. The maximum Gasteiger partial charge on any atom is 0.166 e. The molecular formula is C14H17N3S. The van der Waals surface area contributed by atoms with Crippen LogP contribution >= 0.6 is 11.8 Å². The van der Waals surface area contributed by atoms with Crippen LogP contribution in [0.15, 0.2) is 23.4 Å². The van der Waals surface area contributed by atoms with Crippen molar-refractivity contribution in [3.05, 3.63) is 23.8 Å². The number of thioether (sulfide) groups is 1. The first kappa shape index (κ1) is 13.0. The molecule has 0 unspecified atom stereocenters. The predicted molar refractivity (Wildman–Crippen MR) is 75.6 cm³/mol. The van der Waals surface area contributed by atoms with Gasteiger partial charge in [-0.25, -0.2) is 4.98 Å². The summed E-state index contributed by atoms with van der Waals surface area (Å²) < 4.78 is 0. The number of imidazole rings is 1. The SMILES string of the molecule is Cc1ccc2nc(SCCC(C)(C)C#N)[nH]c2c1. The molecule has 1 aromatic heterocycles. The van der Waals surface area contributed by atoms with Gasteiger partial charge in [0.25, 0.3) is 0 Å². The summed E-state index contributed by atoms with van der Waals surface area (Å²) in [5.41, 5.74) is 3.06. The number of H-pyrrole nitrogens is 1. The van der Waals surface area contributed by atoms with Gasteiger partial charge in [0.2, 0.25) is 0 Å². The van der Waals surface area contributed by atoms with Crippen molar-refractivity contribution in [1.29, 1.82) is 5.26 Å². The topological polar surface area (TPSA) is 52.5 Å². The molecule has 3 nitrogen and oxygen atoms in total. The molecule has 0 saturated carbocycles. The van der Waals surface area contributed by atoms with Gasteiger partial charge in [0.1, 0.15) is 0 Å². The van der Waals surface area contributed by atoms with E-state index in [-0.39, 0.29) is 5.41 Å². The fourth-order valence-corrected chi connectivity index (χ4v) is 2.78. The summed E-state index contributed by atoms with van der Waals surface area (Å²) in [5.74, 6) is 0.902. The summed E-state index contributed by atoms with van der Waals surface area (Å²) in [6.07, 6.45) is 0.865. The lowest BCUT2D eigenvalue weighted by Gasteiger charge is -2.13. The van der Waals surface area contributed by atoms with Gasteiger partial charge in [-0.3, -0.25) is 0 Å². The lowest BCUT2D eigenvalue weighted by molar-refractivity contribution is 0.482. The number of hydrogen-bond donors (Lipinski definition) is 1. The Labute approximate surface area is 112 Å². The van der Waals surface area contributed by atoms with Crippen LogP contribution in [-0.4, -0.2) is 15.7 Å². The first-order valence-corrected chi connectivity index (χ1v) is 6.99. The van der Waals surface area contributed by atoms with Gasteiger partial charge < -0.3 is 4.98 Å². The minimum Gasteiger partial charge on any atom is -0.333 e. The second kappa shape index (κ2) is 5.03. The molecule has 4 heteroatoms. The van der Waals surface area contributed by atoms with E-state index in [1.54, 1.807) is 11.8 Å². The predicted octanol–water partition coefficient (Wildman–Crippen LogP) is 3.90. The van der Waals surface area contributed by atoms with Crippen LogP contribution in [0.5, 0.6) is 0 Å². The minimum atomic E-state index is -0.254. The molecule has 18 heavy (non-hydrogen) atoms. The van der Waals surface area contributed by atoms with E-state index >= 15 is 0 Å². The summed E-state index contributed by atoms with van der Waals surface area (Å²) in [6.45, 7) is 6.01. The second-order valence-corrected chi connectivity index (χ2v) is 6.24. The van der Waals surface area contributed by atoms with Gasteiger partial charge in [0.05, 0.1) is 22.5 Å². The van der Waals surface area contributed by atoms with E-state index < -0.39 is 0 Å². The quantitative estimate of drug-likeness (QED) is 0.847. The van der Waals surface area contributed by atoms with Crippen LogP contribution in [0.25, 0.3) is 11.0 Å². The van der Waals surface area contributed by atoms with Crippen LogP contribution in [0.2, 0.25) is 0 Å². The summed E-state index contributed by atoms with van der Waals surface area (Å²) in [5, 5.41) is 9.89. The largest absolute Gasteiger partial charge is 0.333 e. The Morgan fingerprint density at radius 2 is 2.22 bits per heavy atom. The highest BCUT2D eigenvalue weighted by Crippen LogP contribution is 2.26. The van der Waals surface area contributed by atoms with E-state index in [9.17, 15) is 0 Å². The van der Waals surface area contributed by atoms with Crippen LogP contribution in [0.1, 0.15) is 25.8 Å². The van der Waals surface area contributed by atoms with E-state index in [1.807, 2.05) is 19.9 Å². The van der Waals surface area contributed by atoms with Gasteiger partial charge in [-0.1, -0.05) is 17.8 Å². The Bertz CT molecular complexity index is 593.